The summed E-state index contributed by atoms with van der Waals surface area (Å²) in [6.45, 7) is 6.54. The number of hydrogen-bond donors (Lipinski definition) is 1. The van der Waals surface area contributed by atoms with Gasteiger partial charge in [-0.15, -0.1) is 0 Å². The Kier molecular flexibility index (Phi) is 3.67. The van der Waals surface area contributed by atoms with Crippen LogP contribution in [0.3, 0.4) is 0 Å². The summed E-state index contributed by atoms with van der Waals surface area (Å²) in [4.78, 5) is 4.37. The predicted molar refractivity (Wildman–Crippen MR) is 50.7 cm³/mol. The number of hydrogen-bond acceptors (Lipinski definition) is 2. The molecule has 0 unspecified atom stereocenters. The van der Waals surface area contributed by atoms with Crippen LogP contribution in [0.2, 0.25) is 0 Å². The molecule has 0 saturated carbocycles. The summed E-state index contributed by atoms with van der Waals surface area (Å²) in [5, 5.41) is 0. The van der Waals surface area contributed by atoms with E-state index in [1.165, 1.54) is 3.57 Å². The van der Waals surface area contributed by atoms with Gasteiger partial charge in [-0.1, -0.05) is 0 Å². The molecule has 0 aliphatic rings. The van der Waals surface area contributed by atoms with Crippen molar-refractivity contribution >= 4 is 0 Å². The van der Waals surface area contributed by atoms with Crippen molar-refractivity contribution in [2.24, 2.45) is 5.73 Å². The molecule has 1 aromatic heterocycles. The Bertz CT molecular complexity index is 278. The van der Waals surface area contributed by atoms with Crippen LogP contribution in [0.25, 0.3) is 0 Å². The fourth-order valence-electron chi connectivity index (χ4n) is 0.987. The average Bonchev–Trinajstić information content (AvgIpc) is 2.04. The van der Waals surface area contributed by atoms with E-state index in [-0.39, 0.29) is 26.6 Å². The first-order chi connectivity index (χ1) is 6.04. The number of nitrogens with two attached hydrogens (primary N) is 1. The van der Waals surface area contributed by atoms with Gasteiger partial charge in [-0.25, -0.2) is 0 Å². The Morgan fingerprint density at radius 3 is 2.69 bits per heavy atom. The summed E-state index contributed by atoms with van der Waals surface area (Å²) in [5.74, 6) is 0. The third-order valence-corrected chi connectivity index (χ3v) is 3.71. The van der Waals surface area contributed by atoms with Gasteiger partial charge in [0.15, 0.2) is 0 Å². The standard InChI is InChI=1S/C10H16IN2/c1-10(2,3)9-6-8(11-7-12)4-5-13-9/h4-6H,7,12H2,1-3H3/q-1. The van der Waals surface area contributed by atoms with Gasteiger partial charge in [0, 0.05) is 0 Å². The summed E-state index contributed by atoms with van der Waals surface area (Å²) in [7, 11) is 0. The molecule has 0 atom stereocenters. The van der Waals surface area contributed by atoms with Crippen LogP contribution in [0.5, 0.6) is 0 Å². The molecule has 1 rings (SSSR count). The third-order valence-electron chi connectivity index (χ3n) is 1.72. The molecule has 0 radical (unpaired) electrons. The third kappa shape index (κ3) is 3.23. The molecule has 0 bridgehead atoms. The number of alkyl halides is 1. The predicted octanol–water partition coefficient (Wildman–Crippen LogP) is -1.45. The molecule has 1 aromatic rings. The SMILES string of the molecule is CC(C)(C)c1cc([I-]CN)ccn1. The number of nitrogens with zero attached hydrogens (tertiary/aromatic N) is 1. The Morgan fingerprint density at radius 1 is 1.46 bits per heavy atom. The molecule has 2 N–H and O–H groups in total. The van der Waals surface area contributed by atoms with Crippen LogP contribution in [-0.2, 0) is 5.41 Å². The van der Waals surface area contributed by atoms with E-state index in [4.69, 9.17) is 5.73 Å². The fraction of sp³-hybridized carbons (Fsp3) is 0.500. The molecule has 0 spiro atoms. The molecule has 74 valence electrons. The van der Waals surface area contributed by atoms with Crippen LogP contribution in [0, 0.1) is 3.57 Å². The summed E-state index contributed by atoms with van der Waals surface area (Å²) < 4.78 is 2.20. The van der Waals surface area contributed by atoms with E-state index in [0.717, 1.165) is 10.2 Å². The summed E-state index contributed by atoms with van der Waals surface area (Å²) >= 11 is 0.00258. The quantitative estimate of drug-likeness (QED) is 0.411. The topological polar surface area (TPSA) is 38.9 Å². The molecule has 0 amide bonds. The minimum atomic E-state index is 0.00258. The Hall–Kier alpha value is -0.160. The van der Waals surface area contributed by atoms with Crippen molar-refractivity contribution < 1.29 is 21.2 Å². The second-order valence-electron chi connectivity index (χ2n) is 3.90. The van der Waals surface area contributed by atoms with E-state index >= 15 is 0 Å². The molecular weight excluding hydrogens is 275 g/mol. The zero-order valence-corrected chi connectivity index (χ0v) is 10.5. The van der Waals surface area contributed by atoms with Gasteiger partial charge in [0.1, 0.15) is 0 Å². The maximum atomic E-state index is 5.55. The molecular formula is C10H16IN2-. The Morgan fingerprint density at radius 2 is 2.15 bits per heavy atom. The van der Waals surface area contributed by atoms with Gasteiger partial charge in [-0.3, -0.25) is 0 Å². The molecule has 0 fully saturated rings. The molecule has 0 aliphatic carbocycles. The minimum absolute atomic E-state index is 0.00258. The summed E-state index contributed by atoms with van der Waals surface area (Å²) in [6, 6.07) is 4.27. The molecule has 13 heavy (non-hydrogen) atoms. The molecule has 1 heterocycles. The normalized spacial score (nSPS) is 12.0. The van der Waals surface area contributed by atoms with Crippen LogP contribution in [0.1, 0.15) is 26.5 Å². The first-order valence-corrected chi connectivity index (χ1v) is 6.90. The van der Waals surface area contributed by atoms with Crippen molar-refractivity contribution in [3.63, 3.8) is 0 Å². The van der Waals surface area contributed by atoms with Gasteiger partial charge in [0.2, 0.25) is 0 Å². The zero-order chi connectivity index (χ0) is 9.90. The van der Waals surface area contributed by atoms with Crippen LogP contribution in [0.4, 0.5) is 0 Å². The summed E-state index contributed by atoms with van der Waals surface area (Å²) in [6.07, 6.45) is 1.89. The van der Waals surface area contributed by atoms with Crippen molar-refractivity contribution in [3.8, 4) is 0 Å². The fourth-order valence-corrected chi connectivity index (χ4v) is 2.43. The van der Waals surface area contributed by atoms with Gasteiger partial charge >= 0.3 is 90.3 Å². The molecule has 3 heteroatoms. The van der Waals surface area contributed by atoms with Gasteiger partial charge < -0.3 is 0 Å². The molecule has 0 aliphatic heterocycles. The Labute approximate surface area is 90.2 Å². The monoisotopic (exact) mass is 291 g/mol. The number of aromatic nitrogens is 1. The Balaban J connectivity index is 2.92. The maximum absolute atomic E-state index is 5.55. The van der Waals surface area contributed by atoms with E-state index in [9.17, 15) is 0 Å². The first-order valence-electron chi connectivity index (χ1n) is 4.30. The van der Waals surface area contributed by atoms with Crippen LogP contribution in [0.15, 0.2) is 18.3 Å². The van der Waals surface area contributed by atoms with Gasteiger partial charge in [-0.05, 0) is 0 Å². The van der Waals surface area contributed by atoms with E-state index in [2.05, 4.69) is 37.9 Å². The van der Waals surface area contributed by atoms with Crippen LogP contribution in [-0.4, -0.2) is 9.54 Å². The number of rotatable bonds is 2. The van der Waals surface area contributed by atoms with Crippen molar-refractivity contribution in [2.45, 2.75) is 26.2 Å². The van der Waals surface area contributed by atoms with E-state index in [1.807, 2.05) is 6.20 Å². The van der Waals surface area contributed by atoms with Gasteiger partial charge in [-0.2, -0.15) is 0 Å². The van der Waals surface area contributed by atoms with Crippen LogP contribution >= 0.6 is 0 Å². The number of pyridine rings is 1. The number of halogens is 1. The van der Waals surface area contributed by atoms with E-state index in [0.29, 0.717) is 0 Å². The van der Waals surface area contributed by atoms with Gasteiger partial charge in [0.25, 0.3) is 0 Å². The van der Waals surface area contributed by atoms with Crippen molar-refractivity contribution in [1.82, 2.24) is 4.98 Å². The second kappa shape index (κ2) is 4.37. The van der Waals surface area contributed by atoms with Crippen molar-refractivity contribution in [1.29, 1.82) is 0 Å². The zero-order valence-electron chi connectivity index (χ0n) is 8.34. The molecule has 2 nitrogen and oxygen atoms in total. The first kappa shape index (κ1) is 10.9. The van der Waals surface area contributed by atoms with E-state index in [1.54, 1.807) is 0 Å². The molecule has 0 saturated heterocycles. The van der Waals surface area contributed by atoms with Gasteiger partial charge in [0.05, 0.1) is 0 Å². The van der Waals surface area contributed by atoms with Crippen molar-refractivity contribution in [2.75, 3.05) is 4.55 Å². The summed E-state index contributed by atoms with van der Waals surface area (Å²) in [5.41, 5.74) is 6.86. The van der Waals surface area contributed by atoms with E-state index < -0.39 is 0 Å². The van der Waals surface area contributed by atoms with Crippen molar-refractivity contribution in [3.05, 3.63) is 27.6 Å². The molecule has 0 aromatic carbocycles. The second-order valence-corrected chi connectivity index (χ2v) is 6.79. The average molecular weight is 291 g/mol. The van der Waals surface area contributed by atoms with Crippen LogP contribution < -0.4 is 26.9 Å².